The molecule has 168 valence electrons. The van der Waals surface area contributed by atoms with E-state index in [1.165, 1.54) is 22.6 Å². The molecule has 0 N–H and O–H groups in total. The number of nitrogens with zero attached hydrogens (tertiary/aromatic N) is 3. The highest BCUT2D eigenvalue weighted by Gasteiger charge is 2.48. The van der Waals surface area contributed by atoms with Crippen LogP contribution in [0.25, 0.3) is 5.69 Å². The summed E-state index contributed by atoms with van der Waals surface area (Å²) in [7, 11) is -3.50. The molecule has 1 aromatic heterocycles. The van der Waals surface area contributed by atoms with E-state index in [2.05, 4.69) is 59.8 Å². The number of anilines is 1. The van der Waals surface area contributed by atoms with Crippen molar-refractivity contribution in [1.29, 1.82) is 0 Å². The summed E-state index contributed by atoms with van der Waals surface area (Å²) in [5.41, 5.74) is 6.86. The zero-order valence-corrected chi connectivity index (χ0v) is 20.1. The standard InChI is InChI=1S/C26H31N3O2S/c1-5-29-24-17-19(2)8-11-23(24)28-14-6-7-25(28)26(29)12-15-27(16-13-26)32(30,31)22-10-9-20(3)21(4)18-22/h6-11,14,17-18H,5,12-13,15-16H2,1-4H3. The van der Waals surface area contributed by atoms with Crippen LogP contribution in [0.15, 0.2) is 59.6 Å². The monoisotopic (exact) mass is 449 g/mol. The molecule has 0 atom stereocenters. The molecule has 32 heavy (non-hydrogen) atoms. The van der Waals surface area contributed by atoms with Crippen molar-refractivity contribution >= 4 is 15.7 Å². The first-order valence-electron chi connectivity index (χ1n) is 11.4. The lowest BCUT2D eigenvalue weighted by molar-refractivity contribution is 0.215. The van der Waals surface area contributed by atoms with Crippen molar-refractivity contribution in [2.75, 3.05) is 24.5 Å². The van der Waals surface area contributed by atoms with E-state index in [1.807, 2.05) is 19.9 Å². The van der Waals surface area contributed by atoms with Crippen LogP contribution in [-0.4, -0.2) is 36.9 Å². The summed E-state index contributed by atoms with van der Waals surface area (Å²) in [6.45, 7) is 10.2. The summed E-state index contributed by atoms with van der Waals surface area (Å²) in [5, 5.41) is 0. The third-order valence-electron chi connectivity index (χ3n) is 7.41. The van der Waals surface area contributed by atoms with Gasteiger partial charge in [0, 0.05) is 31.5 Å². The van der Waals surface area contributed by atoms with Gasteiger partial charge < -0.3 is 9.47 Å². The average molecular weight is 450 g/mol. The number of fused-ring (bicyclic) bond motifs is 4. The van der Waals surface area contributed by atoms with Gasteiger partial charge in [0.25, 0.3) is 0 Å². The van der Waals surface area contributed by atoms with Gasteiger partial charge in [-0.1, -0.05) is 12.1 Å². The molecule has 0 bridgehead atoms. The minimum atomic E-state index is -3.50. The fourth-order valence-corrected chi connectivity index (χ4v) is 7.04. The van der Waals surface area contributed by atoms with Crippen LogP contribution in [-0.2, 0) is 15.6 Å². The quantitative estimate of drug-likeness (QED) is 0.570. The lowest BCUT2D eigenvalue weighted by Crippen LogP contribution is -2.56. The molecule has 3 heterocycles. The fourth-order valence-electron chi connectivity index (χ4n) is 5.51. The lowest BCUT2D eigenvalue weighted by atomic mass is 9.81. The maximum atomic E-state index is 13.4. The molecule has 6 heteroatoms. The molecule has 2 aliphatic rings. The van der Waals surface area contributed by atoms with E-state index in [1.54, 1.807) is 16.4 Å². The molecule has 0 unspecified atom stereocenters. The lowest BCUT2D eigenvalue weighted by Gasteiger charge is -2.52. The van der Waals surface area contributed by atoms with Gasteiger partial charge in [0.1, 0.15) is 0 Å². The topological polar surface area (TPSA) is 45.5 Å². The molecule has 1 saturated heterocycles. The number of aromatic nitrogens is 1. The van der Waals surface area contributed by atoms with Crippen LogP contribution >= 0.6 is 0 Å². The molecule has 1 fully saturated rings. The van der Waals surface area contributed by atoms with Gasteiger partial charge in [-0.3, -0.25) is 0 Å². The Hall–Kier alpha value is -2.57. The molecule has 0 aliphatic carbocycles. The summed E-state index contributed by atoms with van der Waals surface area (Å²) < 4.78 is 30.8. The van der Waals surface area contributed by atoms with Gasteiger partial charge in [-0.15, -0.1) is 0 Å². The number of hydrogen-bond donors (Lipinski definition) is 0. The second-order valence-electron chi connectivity index (χ2n) is 9.18. The summed E-state index contributed by atoms with van der Waals surface area (Å²) in [6.07, 6.45) is 3.67. The Balaban J connectivity index is 1.51. The minimum Gasteiger partial charge on any atom is -0.359 e. The average Bonchev–Trinajstić information content (AvgIpc) is 3.27. The van der Waals surface area contributed by atoms with Crippen LogP contribution in [0.3, 0.4) is 0 Å². The summed E-state index contributed by atoms with van der Waals surface area (Å²) >= 11 is 0. The van der Waals surface area contributed by atoms with E-state index in [0.29, 0.717) is 18.0 Å². The Morgan fingerprint density at radius 2 is 1.66 bits per heavy atom. The van der Waals surface area contributed by atoms with Crippen molar-refractivity contribution in [2.24, 2.45) is 0 Å². The van der Waals surface area contributed by atoms with Gasteiger partial charge in [0.05, 0.1) is 21.8 Å². The highest BCUT2D eigenvalue weighted by molar-refractivity contribution is 7.89. The molecule has 5 nitrogen and oxygen atoms in total. The molecule has 0 saturated carbocycles. The van der Waals surface area contributed by atoms with E-state index in [0.717, 1.165) is 30.5 Å². The number of piperidine rings is 1. The Labute approximate surface area is 191 Å². The molecular formula is C26H31N3O2S. The third kappa shape index (κ3) is 3.04. The molecule has 3 aromatic rings. The summed E-state index contributed by atoms with van der Waals surface area (Å²) in [5.74, 6) is 0. The maximum Gasteiger partial charge on any atom is 0.243 e. The van der Waals surface area contributed by atoms with E-state index >= 15 is 0 Å². The number of benzene rings is 2. The zero-order chi connectivity index (χ0) is 22.7. The van der Waals surface area contributed by atoms with Crippen LogP contribution in [0.4, 0.5) is 5.69 Å². The second kappa shape index (κ2) is 7.49. The van der Waals surface area contributed by atoms with Crippen molar-refractivity contribution in [3.8, 4) is 5.69 Å². The van der Waals surface area contributed by atoms with Gasteiger partial charge in [-0.25, -0.2) is 8.42 Å². The first kappa shape index (κ1) is 21.3. The number of rotatable bonds is 3. The Morgan fingerprint density at radius 3 is 2.34 bits per heavy atom. The van der Waals surface area contributed by atoms with Crippen LogP contribution < -0.4 is 4.90 Å². The normalized spacial score (nSPS) is 17.9. The highest BCUT2D eigenvalue weighted by Crippen LogP contribution is 2.48. The van der Waals surface area contributed by atoms with Crippen LogP contribution in [0, 0.1) is 20.8 Å². The largest absolute Gasteiger partial charge is 0.359 e. The Bertz CT molecular complexity index is 1280. The van der Waals surface area contributed by atoms with Crippen molar-refractivity contribution in [2.45, 2.75) is 51.0 Å². The fraction of sp³-hybridized carbons (Fsp3) is 0.385. The molecule has 0 radical (unpaired) electrons. The highest BCUT2D eigenvalue weighted by atomic mass is 32.2. The first-order chi connectivity index (χ1) is 15.3. The van der Waals surface area contributed by atoms with E-state index in [4.69, 9.17) is 0 Å². The number of sulfonamides is 1. The van der Waals surface area contributed by atoms with Crippen molar-refractivity contribution < 1.29 is 8.42 Å². The van der Waals surface area contributed by atoms with Crippen LogP contribution in [0.2, 0.25) is 0 Å². The van der Waals surface area contributed by atoms with Crippen LogP contribution in [0.5, 0.6) is 0 Å². The smallest absolute Gasteiger partial charge is 0.243 e. The molecule has 2 aliphatic heterocycles. The van der Waals surface area contributed by atoms with Crippen molar-refractivity contribution in [3.05, 3.63) is 77.1 Å². The zero-order valence-electron chi connectivity index (χ0n) is 19.3. The molecule has 0 amide bonds. The first-order valence-corrected chi connectivity index (χ1v) is 12.9. The van der Waals surface area contributed by atoms with Gasteiger partial charge >= 0.3 is 0 Å². The maximum absolute atomic E-state index is 13.4. The molecular weight excluding hydrogens is 418 g/mol. The van der Waals surface area contributed by atoms with Gasteiger partial charge in [0.2, 0.25) is 10.0 Å². The predicted molar refractivity (Wildman–Crippen MR) is 129 cm³/mol. The third-order valence-corrected chi connectivity index (χ3v) is 9.30. The predicted octanol–water partition coefficient (Wildman–Crippen LogP) is 4.92. The Morgan fingerprint density at radius 1 is 0.906 bits per heavy atom. The molecule has 5 rings (SSSR count). The SMILES string of the molecule is CCN1c2cc(C)ccc2-n2cccc2C12CCN(S(=O)(=O)c1ccc(C)c(C)c1)CC2. The van der Waals surface area contributed by atoms with E-state index in [-0.39, 0.29) is 5.54 Å². The summed E-state index contributed by atoms with van der Waals surface area (Å²) in [6, 6.07) is 16.4. The number of hydrogen-bond acceptors (Lipinski definition) is 3. The minimum absolute atomic E-state index is 0.200. The van der Waals surface area contributed by atoms with Gasteiger partial charge in [0.15, 0.2) is 0 Å². The van der Waals surface area contributed by atoms with Crippen LogP contribution in [0.1, 0.15) is 42.1 Å². The van der Waals surface area contributed by atoms with Gasteiger partial charge in [-0.05, 0) is 93.6 Å². The van der Waals surface area contributed by atoms with Gasteiger partial charge in [-0.2, -0.15) is 4.31 Å². The summed E-state index contributed by atoms with van der Waals surface area (Å²) in [4.78, 5) is 2.90. The molecule has 1 spiro atoms. The van der Waals surface area contributed by atoms with Crippen molar-refractivity contribution in [3.63, 3.8) is 0 Å². The van der Waals surface area contributed by atoms with E-state index < -0.39 is 10.0 Å². The molecule has 2 aromatic carbocycles. The van der Waals surface area contributed by atoms with E-state index in [9.17, 15) is 8.42 Å². The second-order valence-corrected chi connectivity index (χ2v) is 11.1. The van der Waals surface area contributed by atoms with Crippen molar-refractivity contribution in [1.82, 2.24) is 8.87 Å². The Kier molecular flexibility index (Phi) is 4.98. The number of aryl methyl sites for hydroxylation is 3.